The summed E-state index contributed by atoms with van der Waals surface area (Å²) >= 11 is 7.04. The molecule has 0 aromatic heterocycles. The first kappa shape index (κ1) is 37.7. The van der Waals surface area contributed by atoms with Crippen LogP contribution in [0.4, 0.5) is 5.69 Å². The van der Waals surface area contributed by atoms with Gasteiger partial charge < -0.3 is 10.5 Å². The molecule has 1 aromatic rings. The number of allylic oxidation sites excluding steroid dienone is 1. The van der Waals surface area contributed by atoms with E-state index in [-0.39, 0.29) is 23.4 Å². The molecule has 258 valence electrons. The molecule has 0 spiro atoms. The minimum absolute atomic E-state index is 0.0145. The van der Waals surface area contributed by atoms with Gasteiger partial charge >= 0.3 is 5.97 Å². The summed E-state index contributed by atoms with van der Waals surface area (Å²) in [6.07, 6.45) is 18.3. The SMILES string of the molecule is CCC(Cc1c(I)cc(I)c(N)c1I)C(=O)O[C@H]1CC[C@@]2(C)C(=CCC3C2CC[C@@]2(C)C3CC[C@@H]2[C@H](C)CC[C@@H](CC)C(C)C)C1. The molecule has 4 unspecified atom stereocenters. The van der Waals surface area contributed by atoms with Gasteiger partial charge in [0.1, 0.15) is 6.10 Å². The number of benzene rings is 1. The van der Waals surface area contributed by atoms with Crippen LogP contribution in [0.3, 0.4) is 0 Å². The van der Waals surface area contributed by atoms with Gasteiger partial charge in [0.25, 0.3) is 0 Å². The molecule has 0 bridgehead atoms. The Bertz CT molecular complexity index is 1290. The van der Waals surface area contributed by atoms with Crippen LogP contribution in [-0.4, -0.2) is 12.1 Å². The van der Waals surface area contributed by atoms with Gasteiger partial charge in [-0.3, -0.25) is 4.79 Å². The van der Waals surface area contributed by atoms with Gasteiger partial charge in [-0.1, -0.05) is 73.0 Å². The lowest BCUT2D eigenvalue weighted by Gasteiger charge is -2.58. The smallest absolute Gasteiger partial charge is 0.309 e. The zero-order chi connectivity index (χ0) is 33.6. The van der Waals surface area contributed by atoms with E-state index in [2.05, 4.69) is 128 Å². The van der Waals surface area contributed by atoms with Crippen molar-refractivity contribution in [3.05, 3.63) is 34.0 Å². The zero-order valence-corrected chi connectivity index (χ0v) is 36.0. The Kier molecular flexibility index (Phi) is 12.6. The van der Waals surface area contributed by atoms with E-state index in [0.29, 0.717) is 11.8 Å². The fourth-order valence-electron chi connectivity index (χ4n) is 11.1. The summed E-state index contributed by atoms with van der Waals surface area (Å²) in [7, 11) is 0. The van der Waals surface area contributed by atoms with Crippen molar-refractivity contribution in [1.82, 2.24) is 0 Å². The van der Waals surface area contributed by atoms with Crippen LogP contribution >= 0.6 is 67.8 Å². The van der Waals surface area contributed by atoms with Crippen LogP contribution in [0.15, 0.2) is 17.7 Å². The molecule has 3 fully saturated rings. The van der Waals surface area contributed by atoms with E-state index in [9.17, 15) is 4.79 Å². The third kappa shape index (κ3) is 7.26. The maximum atomic E-state index is 13.6. The zero-order valence-electron chi connectivity index (χ0n) is 29.6. The number of hydrogen-bond acceptors (Lipinski definition) is 3. The summed E-state index contributed by atoms with van der Waals surface area (Å²) in [5.41, 5.74) is 10.8. The number of anilines is 1. The van der Waals surface area contributed by atoms with Gasteiger partial charge in [-0.25, -0.2) is 0 Å². The van der Waals surface area contributed by atoms with Crippen LogP contribution in [0, 0.1) is 68.9 Å². The Hall–Kier alpha value is 0.420. The fourth-order valence-corrected chi connectivity index (χ4v) is 14.9. The van der Waals surface area contributed by atoms with E-state index in [0.717, 1.165) is 79.9 Å². The number of hydrogen-bond donors (Lipinski definition) is 1. The highest BCUT2D eigenvalue weighted by molar-refractivity contribution is 14.1. The summed E-state index contributed by atoms with van der Waals surface area (Å²) in [5, 5.41) is 0. The predicted molar refractivity (Wildman–Crippen MR) is 219 cm³/mol. The largest absolute Gasteiger partial charge is 0.462 e. The van der Waals surface area contributed by atoms with Gasteiger partial charge in [0.15, 0.2) is 0 Å². The summed E-state index contributed by atoms with van der Waals surface area (Å²) in [5.74, 6) is 5.77. The molecule has 3 saturated carbocycles. The van der Waals surface area contributed by atoms with E-state index in [1.165, 1.54) is 60.5 Å². The monoisotopic (exact) mass is 967 g/mol. The van der Waals surface area contributed by atoms with Gasteiger partial charge in [0, 0.05) is 17.1 Å². The minimum atomic E-state index is -0.133. The molecule has 4 aliphatic carbocycles. The molecule has 3 nitrogen and oxygen atoms in total. The average Bonchev–Trinajstić information content (AvgIpc) is 3.37. The molecule has 0 amide bonds. The number of ether oxygens (including phenoxy) is 1. The first-order valence-electron chi connectivity index (χ1n) is 18.6. The number of carbonyl (C=O) groups is 1. The standard InChI is InChI=1S/C40H60I3NO2/c1-8-25(23(3)4)11-10-24(5)31-14-15-32-29-13-12-27-21-28(16-18-39(27,6)33(29)17-19-40(31,32)7)46-38(45)26(9-2)20-30-34(41)22-35(42)37(44)36(30)43/h12,22-26,28-29,31-33H,8-11,13-21,44H2,1-7H3/t24-,25-,26?,28+,29?,31-,32?,33?,39+,40-/m1/s1. The number of nitrogens with two attached hydrogens (primary N) is 1. The summed E-state index contributed by atoms with van der Waals surface area (Å²) in [4.78, 5) is 13.6. The molecule has 46 heavy (non-hydrogen) atoms. The lowest BCUT2D eigenvalue weighted by atomic mass is 9.47. The molecule has 10 atom stereocenters. The van der Waals surface area contributed by atoms with E-state index in [1.807, 2.05) is 0 Å². The van der Waals surface area contributed by atoms with Crippen molar-refractivity contribution in [3.8, 4) is 0 Å². The Morgan fingerprint density at radius 1 is 0.978 bits per heavy atom. The van der Waals surface area contributed by atoms with Crippen LogP contribution < -0.4 is 5.73 Å². The first-order chi connectivity index (χ1) is 21.7. The van der Waals surface area contributed by atoms with Gasteiger partial charge in [0.05, 0.1) is 11.6 Å². The second-order valence-corrected chi connectivity index (χ2v) is 20.0. The highest BCUT2D eigenvalue weighted by atomic mass is 127. The Morgan fingerprint density at radius 3 is 2.39 bits per heavy atom. The van der Waals surface area contributed by atoms with Crippen molar-refractivity contribution in [3.63, 3.8) is 0 Å². The van der Waals surface area contributed by atoms with E-state index in [1.54, 1.807) is 5.57 Å². The average molecular weight is 968 g/mol. The van der Waals surface area contributed by atoms with Gasteiger partial charge in [-0.2, -0.15) is 0 Å². The molecule has 0 saturated heterocycles. The number of rotatable bonds is 11. The van der Waals surface area contributed by atoms with Crippen LogP contribution in [-0.2, 0) is 16.0 Å². The van der Waals surface area contributed by atoms with Gasteiger partial charge in [-0.05, 0) is 196 Å². The summed E-state index contributed by atoms with van der Waals surface area (Å²) in [6, 6.07) is 2.13. The van der Waals surface area contributed by atoms with E-state index in [4.69, 9.17) is 10.5 Å². The number of esters is 1. The number of fused-ring (bicyclic) bond motifs is 5. The molecule has 0 aliphatic heterocycles. The van der Waals surface area contributed by atoms with Crippen molar-refractivity contribution < 1.29 is 9.53 Å². The molecule has 6 heteroatoms. The van der Waals surface area contributed by atoms with Crippen molar-refractivity contribution in [2.24, 2.45) is 58.2 Å². The number of carbonyl (C=O) groups excluding carboxylic acids is 1. The van der Waals surface area contributed by atoms with Crippen LogP contribution in [0.5, 0.6) is 0 Å². The normalized spacial score (nSPS) is 34.2. The quantitative estimate of drug-likeness (QED) is 0.104. The molecule has 0 radical (unpaired) electrons. The first-order valence-corrected chi connectivity index (χ1v) is 21.8. The van der Waals surface area contributed by atoms with Gasteiger partial charge in [-0.15, -0.1) is 0 Å². The Labute approximate surface area is 322 Å². The fraction of sp³-hybridized carbons (Fsp3) is 0.775. The van der Waals surface area contributed by atoms with Crippen molar-refractivity contribution in [2.75, 3.05) is 5.73 Å². The van der Waals surface area contributed by atoms with Gasteiger partial charge in [0.2, 0.25) is 0 Å². The number of nitrogen functional groups attached to an aromatic ring is 1. The molecule has 0 heterocycles. The third-order valence-electron chi connectivity index (χ3n) is 14.1. The molecule has 4 aliphatic rings. The minimum Gasteiger partial charge on any atom is -0.462 e. The Balaban J connectivity index is 1.23. The topological polar surface area (TPSA) is 52.3 Å². The summed E-state index contributed by atoms with van der Waals surface area (Å²) in [6.45, 7) is 17.2. The Morgan fingerprint density at radius 2 is 1.72 bits per heavy atom. The second-order valence-electron chi connectivity index (χ2n) is 16.6. The highest BCUT2D eigenvalue weighted by Gasteiger charge is 2.59. The molecular formula is C40H60I3NO2. The van der Waals surface area contributed by atoms with Crippen LogP contribution in [0.1, 0.15) is 131 Å². The molecule has 1 aromatic carbocycles. The van der Waals surface area contributed by atoms with Crippen molar-refractivity contribution >= 4 is 79.4 Å². The number of halogens is 3. The lowest BCUT2D eigenvalue weighted by Crippen LogP contribution is -2.51. The molecule has 2 N–H and O–H groups in total. The van der Waals surface area contributed by atoms with E-state index < -0.39 is 0 Å². The lowest BCUT2D eigenvalue weighted by molar-refractivity contribution is -0.156. The molecule has 5 rings (SSSR count). The highest BCUT2D eigenvalue weighted by Crippen LogP contribution is 2.67. The third-order valence-corrected chi connectivity index (χ3v) is 17.2. The maximum absolute atomic E-state index is 13.6. The maximum Gasteiger partial charge on any atom is 0.309 e. The van der Waals surface area contributed by atoms with Crippen molar-refractivity contribution in [1.29, 1.82) is 0 Å². The predicted octanol–water partition coefficient (Wildman–Crippen LogP) is 12.2. The second kappa shape index (κ2) is 15.3. The van der Waals surface area contributed by atoms with Crippen molar-refractivity contribution in [2.45, 2.75) is 138 Å². The van der Waals surface area contributed by atoms with E-state index >= 15 is 0 Å². The molecular weight excluding hydrogens is 907 g/mol. The van der Waals surface area contributed by atoms with Crippen LogP contribution in [0.25, 0.3) is 0 Å². The van der Waals surface area contributed by atoms with Crippen LogP contribution in [0.2, 0.25) is 0 Å². The summed E-state index contributed by atoms with van der Waals surface area (Å²) < 4.78 is 9.69.